The number of nitriles is 1. The molecular formula is C16H15N5O. The molecule has 0 bridgehead atoms. The topological polar surface area (TPSA) is 93.7 Å². The predicted molar refractivity (Wildman–Crippen MR) is 82.7 cm³/mol. The Bertz CT molecular complexity index is 898. The summed E-state index contributed by atoms with van der Waals surface area (Å²) in [7, 11) is 1.83. The van der Waals surface area contributed by atoms with Gasteiger partial charge >= 0.3 is 0 Å². The summed E-state index contributed by atoms with van der Waals surface area (Å²) in [6.07, 6.45) is 1.82. The van der Waals surface area contributed by atoms with Crippen molar-refractivity contribution in [3.05, 3.63) is 41.3 Å². The van der Waals surface area contributed by atoms with Crippen molar-refractivity contribution in [3.63, 3.8) is 0 Å². The summed E-state index contributed by atoms with van der Waals surface area (Å²) in [5.74, 6) is 1.60. The monoisotopic (exact) mass is 293 g/mol. The maximum absolute atomic E-state index is 9.43. The van der Waals surface area contributed by atoms with Gasteiger partial charge in [0.1, 0.15) is 28.9 Å². The Morgan fingerprint density at radius 1 is 1.27 bits per heavy atom. The summed E-state index contributed by atoms with van der Waals surface area (Å²) >= 11 is 0. The van der Waals surface area contributed by atoms with Crippen LogP contribution >= 0.6 is 0 Å². The van der Waals surface area contributed by atoms with E-state index in [4.69, 9.17) is 10.2 Å². The normalized spacial score (nSPS) is 10.6. The average Bonchev–Trinajstić information content (AvgIpc) is 3.09. The van der Waals surface area contributed by atoms with Gasteiger partial charge in [0.15, 0.2) is 5.76 Å². The minimum atomic E-state index is 0.179. The molecule has 0 amide bonds. The Labute approximate surface area is 127 Å². The molecule has 0 aliphatic carbocycles. The first kappa shape index (κ1) is 13.9. The molecule has 6 nitrogen and oxygen atoms in total. The SMILES string of the molecule is Cc1ccc(-c2nc(N)c(C#N)c(-c3ccn(C)n3)c2C)o1. The van der Waals surface area contributed by atoms with Gasteiger partial charge in [-0.3, -0.25) is 4.68 Å². The first-order chi connectivity index (χ1) is 10.5. The highest BCUT2D eigenvalue weighted by molar-refractivity contribution is 5.81. The van der Waals surface area contributed by atoms with Gasteiger partial charge in [0.25, 0.3) is 0 Å². The number of nitrogens with two attached hydrogens (primary N) is 1. The minimum Gasteiger partial charge on any atom is -0.460 e. The quantitative estimate of drug-likeness (QED) is 0.784. The smallest absolute Gasteiger partial charge is 0.153 e. The summed E-state index contributed by atoms with van der Waals surface area (Å²) in [6.45, 7) is 3.76. The van der Waals surface area contributed by atoms with E-state index in [0.29, 0.717) is 28.3 Å². The molecule has 3 heterocycles. The highest BCUT2D eigenvalue weighted by Crippen LogP contribution is 2.35. The van der Waals surface area contributed by atoms with Crippen molar-refractivity contribution in [3.8, 4) is 28.8 Å². The third-order valence-corrected chi connectivity index (χ3v) is 3.52. The van der Waals surface area contributed by atoms with Crippen LogP contribution in [0.4, 0.5) is 5.82 Å². The van der Waals surface area contributed by atoms with Crippen LogP contribution in [0.2, 0.25) is 0 Å². The molecule has 0 radical (unpaired) electrons. The second kappa shape index (κ2) is 5.04. The lowest BCUT2D eigenvalue weighted by molar-refractivity contribution is 0.546. The molecule has 0 unspecified atom stereocenters. The molecule has 0 fully saturated rings. The van der Waals surface area contributed by atoms with E-state index >= 15 is 0 Å². The van der Waals surface area contributed by atoms with E-state index in [0.717, 1.165) is 11.3 Å². The molecule has 0 saturated carbocycles. The molecule has 0 saturated heterocycles. The van der Waals surface area contributed by atoms with Gasteiger partial charge in [-0.1, -0.05) is 0 Å². The van der Waals surface area contributed by atoms with Crippen molar-refractivity contribution >= 4 is 5.82 Å². The van der Waals surface area contributed by atoms with E-state index in [9.17, 15) is 5.26 Å². The molecule has 6 heteroatoms. The van der Waals surface area contributed by atoms with E-state index in [1.807, 2.05) is 45.3 Å². The zero-order valence-corrected chi connectivity index (χ0v) is 12.6. The minimum absolute atomic E-state index is 0.179. The van der Waals surface area contributed by atoms with Gasteiger partial charge < -0.3 is 10.2 Å². The van der Waals surface area contributed by atoms with Gasteiger partial charge in [-0.05, 0) is 37.6 Å². The van der Waals surface area contributed by atoms with Crippen LogP contribution in [-0.2, 0) is 7.05 Å². The molecule has 0 aliphatic heterocycles. The van der Waals surface area contributed by atoms with Crippen LogP contribution in [0.1, 0.15) is 16.9 Å². The Morgan fingerprint density at radius 3 is 2.59 bits per heavy atom. The number of hydrogen-bond acceptors (Lipinski definition) is 5. The molecule has 3 rings (SSSR count). The predicted octanol–water partition coefficient (Wildman–Crippen LogP) is 2.81. The standard InChI is InChI=1S/C16H15N5O/c1-9-4-5-13(22-9)15-10(2)14(11(8-17)16(18)19-15)12-6-7-21(3)20-12/h4-7H,1-3H3,(H2,18,19). The maximum atomic E-state index is 9.43. The second-order valence-electron chi connectivity index (χ2n) is 5.12. The van der Waals surface area contributed by atoms with Crippen LogP contribution in [0.3, 0.4) is 0 Å². The molecule has 0 atom stereocenters. The number of anilines is 1. The number of nitrogen functional groups attached to an aromatic ring is 1. The molecule has 3 aromatic heterocycles. The van der Waals surface area contributed by atoms with E-state index in [1.54, 1.807) is 4.68 Å². The molecular weight excluding hydrogens is 278 g/mol. The van der Waals surface area contributed by atoms with Crippen LogP contribution in [0.25, 0.3) is 22.7 Å². The molecule has 0 spiro atoms. The fourth-order valence-corrected chi connectivity index (χ4v) is 2.48. The van der Waals surface area contributed by atoms with Gasteiger partial charge in [0, 0.05) is 18.8 Å². The molecule has 0 aliphatic rings. The van der Waals surface area contributed by atoms with Crippen LogP contribution in [0.15, 0.2) is 28.8 Å². The number of rotatable bonds is 2. The summed E-state index contributed by atoms with van der Waals surface area (Å²) in [6, 6.07) is 7.69. The van der Waals surface area contributed by atoms with E-state index in [2.05, 4.69) is 16.2 Å². The third-order valence-electron chi connectivity index (χ3n) is 3.52. The van der Waals surface area contributed by atoms with E-state index in [-0.39, 0.29) is 5.82 Å². The summed E-state index contributed by atoms with van der Waals surface area (Å²) in [5, 5.41) is 13.8. The zero-order chi connectivity index (χ0) is 15.9. The van der Waals surface area contributed by atoms with Gasteiger partial charge in [0.2, 0.25) is 0 Å². The number of aryl methyl sites for hydroxylation is 2. The number of hydrogen-bond donors (Lipinski definition) is 1. The van der Waals surface area contributed by atoms with Crippen LogP contribution in [0.5, 0.6) is 0 Å². The molecule has 3 aromatic rings. The van der Waals surface area contributed by atoms with Gasteiger partial charge in [0.05, 0.1) is 5.69 Å². The van der Waals surface area contributed by atoms with E-state index in [1.165, 1.54) is 0 Å². The third kappa shape index (κ3) is 2.13. The number of aromatic nitrogens is 3. The fourth-order valence-electron chi connectivity index (χ4n) is 2.48. The molecule has 0 aromatic carbocycles. The lowest BCUT2D eigenvalue weighted by Crippen LogP contribution is -2.03. The van der Waals surface area contributed by atoms with Crippen LogP contribution < -0.4 is 5.73 Å². The first-order valence-corrected chi connectivity index (χ1v) is 6.78. The number of furan rings is 1. The lowest BCUT2D eigenvalue weighted by Gasteiger charge is -2.11. The van der Waals surface area contributed by atoms with Crippen LogP contribution in [-0.4, -0.2) is 14.8 Å². The Hall–Kier alpha value is -3.07. The average molecular weight is 293 g/mol. The second-order valence-corrected chi connectivity index (χ2v) is 5.12. The fraction of sp³-hybridized carbons (Fsp3) is 0.188. The zero-order valence-electron chi connectivity index (χ0n) is 12.6. The van der Waals surface area contributed by atoms with Gasteiger partial charge in [-0.15, -0.1) is 0 Å². The Kier molecular flexibility index (Phi) is 3.18. The number of nitrogens with zero attached hydrogens (tertiary/aromatic N) is 4. The van der Waals surface area contributed by atoms with Crippen molar-refractivity contribution in [2.24, 2.45) is 7.05 Å². The van der Waals surface area contributed by atoms with E-state index < -0.39 is 0 Å². The Balaban J connectivity index is 2.32. The van der Waals surface area contributed by atoms with Gasteiger partial charge in [-0.2, -0.15) is 10.4 Å². The summed E-state index contributed by atoms with van der Waals surface area (Å²) < 4.78 is 7.33. The molecule has 110 valence electrons. The Morgan fingerprint density at radius 2 is 2.05 bits per heavy atom. The summed E-state index contributed by atoms with van der Waals surface area (Å²) in [4.78, 5) is 4.35. The highest BCUT2D eigenvalue weighted by atomic mass is 16.3. The first-order valence-electron chi connectivity index (χ1n) is 6.78. The largest absolute Gasteiger partial charge is 0.460 e. The van der Waals surface area contributed by atoms with Crippen molar-refractivity contribution in [2.75, 3.05) is 5.73 Å². The maximum Gasteiger partial charge on any atom is 0.153 e. The van der Waals surface area contributed by atoms with Crippen molar-refractivity contribution < 1.29 is 4.42 Å². The van der Waals surface area contributed by atoms with Crippen molar-refractivity contribution in [1.82, 2.24) is 14.8 Å². The molecule has 2 N–H and O–H groups in total. The van der Waals surface area contributed by atoms with Crippen LogP contribution in [0, 0.1) is 25.2 Å². The number of pyridine rings is 1. The summed E-state index contributed by atoms with van der Waals surface area (Å²) in [5.41, 5.74) is 9.15. The highest BCUT2D eigenvalue weighted by Gasteiger charge is 2.21. The van der Waals surface area contributed by atoms with Crippen molar-refractivity contribution in [1.29, 1.82) is 5.26 Å². The molecule has 22 heavy (non-hydrogen) atoms. The lowest BCUT2D eigenvalue weighted by atomic mass is 9.98. The van der Waals surface area contributed by atoms with Crippen molar-refractivity contribution in [2.45, 2.75) is 13.8 Å². The van der Waals surface area contributed by atoms with Gasteiger partial charge in [-0.25, -0.2) is 4.98 Å².